The van der Waals surface area contributed by atoms with Gasteiger partial charge >= 0.3 is 0 Å². The maximum atomic E-state index is 13.2. The van der Waals surface area contributed by atoms with Gasteiger partial charge in [-0.1, -0.05) is 6.07 Å². The molecule has 4 nitrogen and oxygen atoms in total. The number of benzene rings is 1. The molecule has 2 N–H and O–H groups in total. The van der Waals surface area contributed by atoms with Crippen molar-refractivity contribution in [2.24, 2.45) is 7.05 Å². The molecule has 2 unspecified atom stereocenters. The predicted octanol–water partition coefficient (Wildman–Crippen LogP) is 2.22. The minimum Gasteiger partial charge on any atom is -0.387 e. The minimum absolute atomic E-state index is 0.311. The standard InChI is InChI=1S/C15H19F2N3O/c1-9-12(8-20(3)19-9)7-18-10(2)15(21)11-4-5-13(16)14(17)6-11/h4-6,8,10,15,18,21H,7H2,1-3H3. The molecule has 2 atom stereocenters. The van der Waals surface area contributed by atoms with Crippen LogP contribution in [0.25, 0.3) is 0 Å². The van der Waals surface area contributed by atoms with E-state index in [4.69, 9.17) is 0 Å². The fourth-order valence-corrected chi connectivity index (χ4v) is 2.19. The summed E-state index contributed by atoms with van der Waals surface area (Å²) in [5, 5.41) is 17.6. The second-order valence-electron chi connectivity index (χ2n) is 5.20. The van der Waals surface area contributed by atoms with Gasteiger partial charge in [-0.25, -0.2) is 8.78 Å². The molecule has 0 fully saturated rings. The van der Waals surface area contributed by atoms with Gasteiger partial charge in [0.1, 0.15) is 0 Å². The largest absolute Gasteiger partial charge is 0.387 e. The van der Waals surface area contributed by atoms with Crippen molar-refractivity contribution in [1.82, 2.24) is 15.1 Å². The van der Waals surface area contributed by atoms with Crippen molar-refractivity contribution in [2.75, 3.05) is 0 Å². The van der Waals surface area contributed by atoms with Gasteiger partial charge in [0.25, 0.3) is 0 Å². The summed E-state index contributed by atoms with van der Waals surface area (Å²) in [6, 6.07) is 3.12. The summed E-state index contributed by atoms with van der Waals surface area (Å²) in [7, 11) is 1.84. The van der Waals surface area contributed by atoms with Gasteiger partial charge in [-0.05, 0) is 31.5 Å². The number of aliphatic hydroxyl groups is 1. The van der Waals surface area contributed by atoms with Crippen LogP contribution in [-0.2, 0) is 13.6 Å². The van der Waals surface area contributed by atoms with Crippen LogP contribution in [0.15, 0.2) is 24.4 Å². The van der Waals surface area contributed by atoms with Gasteiger partial charge in [-0.15, -0.1) is 0 Å². The highest BCUT2D eigenvalue weighted by molar-refractivity contribution is 5.21. The molecule has 1 aromatic carbocycles. The Morgan fingerprint density at radius 2 is 2.05 bits per heavy atom. The fourth-order valence-electron chi connectivity index (χ4n) is 2.19. The molecular formula is C15H19F2N3O. The van der Waals surface area contributed by atoms with E-state index in [1.165, 1.54) is 6.07 Å². The normalized spacial score (nSPS) is 14.2. The van der Waals surface area contributed by atoms with Crippen LogP contribution in [-0.4, -0.2) is 20.9 Å². The van der Waals surface area contributed by atoms with Crippen molar-refractivity contribution in [2.45, 2.75) is 32.5 Å². The average molecular weight is 295 g/mol. The predicted molar refractivity (Wildman–Crippen MR) is 75.6 cm³/mol. The third-order valence-electron chi connectivity index (χ3n) is 3.49. The highest BCUT2D eigenvalue weighted by atomic mass is 19.2. The van der Waals surface area contributed by atoms with E-state index in [0.29, 0.717) is 12.1 Å². The first-order chi connectivity index (χ1) is 9.88. The summed E-state index contributed by atoms with van der Waals surface area (Å²) in [5.41, 5.74) is 2.29. The van der Waals surface area contributed by atoms with Crippen molar-refractivity contribution in [3.05, 3.63) is 52.9 Å². The smallest absolute Gasteiger partial charge is 0.159 e. The van der Waals surface area contributed by atoms with E-state index < -0.39 is 17.7 Å². The Morgan fingerprint density at radius 1 is 1.33 bits per heavy atom. The SMILES string of the molecule is Cc1nn(C)cc1CNC(C)C(O)c1ccc(F)c(F)c1. The summed E-state index contributed by atoms with van der Waals surface area (Å²) in [5.74, 6) is -1.88. The molecule has 0 saturated heterocycles. The van der Waals surface area contributed by atoms with E-state index in [9.17, 15) is 13.9 Å². The second-order valence-corrected chi connectivity index (χ2v) is 5.20. The Balaban J connectivity index is 2.00. The maximum absolute atomic E-state index is 13.2. The summed E-state index contributed by atoms with van der Waals surface area (Å²) in [6.07, 6.45) is 0.982. The van der Waals surface area contributed by atoms with Gasteiger partial charge in [-0.2, -0.15) is 5.10 Å². The molecule has 21 heavy (non-hydrogen) atoms. The van der Waals surface area contributed by atoms with Crippen molar-refractivity contribution >= 4 is 0 Å². The van der Waals surface area contributed by atoms with E-state index >= 15 is 0 Å². The van der Waals surface area contributed by atoms with Crippen LogP contribution in [0, 0.1) is 18.6 Å². The highest BCUT2D eigenvalue weighted by Crippen LogP contribution is 2.19. The van der Waals surface area contributed by atoms with Crippen LogP contribution < -0.4 is 5.32 Å². The molecule has 0 saturated carbocycles. The van der Waals surface area contributed by atoms with Crippen molar-refractivity contribution in [3.63, 3.8) is 0 Å². The molecule has 0 bridgehead atoms. The van der Waals surface area contributed by atoms with E-state index in [0.717, 1.165) is 23.4 Å². The number of aliphatic hydroxyl groups excluding tert-OH is 1. The number of nitrogens with zero attached hydrogens (tertiary/aromatic N) is 2. The molecule has 0 aliphatic rings. The van der Waals surface area contributed by atoms with Gasteiger partial charge < -0.3 is 10.4 Å². The highest BCUT2D eigenvalue weighted by Gasteiger charge is 2.18. The number of aryl methyl sites for hydroxylation is 2. The van der Waals surface area contributed by atoms with Gasteiger partial charge in [0.05, 0.1) is 11.8 Å². The molecule has 0 radical (unpaired) electrons. The molecule has 0 amide bonds. The Bertz CT molecular complexity index is 627. The van der Waals surface area contributed by atoms with Crippen molar-refractivity contribution in [3.8, 4) is 0 Å². The number of aromatic nitrogens is 2. The maximum Gasteiger partial charge on any atom is 0.159 e. The second kappa shape index (κ2) is 6.32. The lowest BCUT2D eigenvalue weighted by molar-refractivity contribution is 0.135. The molecule has 1 aromatic heterocycles. The molecule has 0 aliphatic carbocycles. The molecule has 2 aromatic rings. The van der Waals surface area contributed by atoms with Gasteiger partial charge in [0.2, 0.25) is 0 Å². The lowest BCUT2D eigenvalue weighted by Gasteiger charge is -2.20. The third-order valence-corrected chi connectivity index (χ3v) is 3.49. The molecule has 1 heterocycles. The molecule has 114 valence electrons. The average Bonchev–Trinajstić information content (AvgIpc) is 2.76. The molecular weight excluding hydrogens is 276 g/mol. The molecule has 6 heteroatoms. The Hall–Kier alpha value is -1.79. The fraction of sp³-hybridized carbons (Fsp3) is 0.400. The summed E-state index contributed by atoms with van der Waals surface area (Å²) in [4.78, 5) is 0. The first-order valence-corrected chi connectivity index (χ1v) is 6.74. The Kier molecular flexibility index (Phi) is 4.69. The summed E-state index contributed by atoms with van der Waals surface area (Å²) >= 11 is 0. The quantitative estimate of drug-likeness (QED) is 0.889. The van der Waals surface area contributed by atoms with E-state index in [1.807, 2.05) is 20.2 Å². The van der Waals surface area contributed by atoms with Gasteiger partial charge in [-0.3, -0.25) is 4.68 Å². The zero-order chi connectivity index (χ0) is 15.6. The Morgan fingerprint density at radius 3 is 2.62 bits per heavy atom. The van der Waals surface area contributed by atoms with Crippen LogP contribution in [0.2, 0.25) is 0 Å². The molecule has 0 spiro atoms. The minimum atomic E-state index is -0.957. The van der Waals surface area contributed by atoms with Crippen LogP contribution in [0.4, 0.5) is 8.78 Å². The first-order valence-electron chi connectivity index (χ1n) is 6.74. The van der Waals surface area contributed by atoms with Crippen LogP contribution >= 0.6 is 0 Å². The number of nitrogens with one attached hydrogen (secondary N) is 1. The lowest BCUT2D eigenvalue weighted by atomic mass is 10.0. The molecule has 0 aliphatic heterocycles. The van der Waals surface area contributed by atoms with E-state index in [1.54, 1.807) is 11.6 Å². The zero-order valence-corrected chi connectivity index (χ0v) is 12.3. The third kappa shape index (κ3) is 3.65. The number of hydrogen-bond donors (Lipinski definition) is 2. The monoisotopic (exact) mass is 295 g/mol. The van der Waals surface area contributed by atoms with Crippen molar-refractivity contribution < 1.29 is 13.9 Å². The molecule has 2 rings (SSSR count). The van der Waals surface area contributed by atoms with Crippen molar-refractivity contribution in [1.29, 1.82) is 0 Å². The van der Waals surface area contributed by atoms with Gasteiger partial charge in [0, 0.05) is 31.4 Å². The Labute approximate surface area is 122 Å². The van der Waals surface area contributed by atoms with Crippen LogP contribution in [0.5, 0.6) is 0 Å². The summed E-state index contributed by atoms with van der Waals surface area (Å²) < 4.78 is 27.8. The van der Waals surface area contributed by atoms with Crippen LogP contribution in [0.3, 0.4) is 0 Å². The number of halogens is 2. The van der Waals surface area contributed by atoms with E-state index in [-0.39, 0.29) is 6.04 Å². The zero-order valence-electron chi connectivity index (χ0n) is 12.3. The summed E-state index contributed by atoms with van der Waals surface area (Å²) in [6.45, 7) is 4.24. The number of rotatable bonds is 5. The topological polar surface area (TPSA) is 50.1 Å². The van der Waals surface area contributed by atoms with Gasteiger partial charge in [0.15, 0.2) is 11.6 Å². The first kappa shape index (κ1) is 15.6. The lowest BCUT2D eigenvalue weighted by Crippen LogP contribution is -2.31. The van der Waals surface area contributed by atoms with E-state index in [2.05, 4.69) is 10.4 Å². The van der Waals surface area contributed by atoms with Crippen LogP contribution in [0.1, 0.15) is 29.8 Å². The number of hydrogen-bond acceptors (Lipinski definition) is 3.